The van der Waals surface area contributed by atoms with Crippen molar-refractivity contribution in [3.63, 3.8) is 0 Å². The van der Waals surface area contributed by atoms with Crippen molar-refractivity contribution in [3.8, 4) is 0 Å². The fourth-order valence-corrected chi connectivity index (χ4v) is 8.51. The molecule has 0 bridgehead atoms. The molecule has 9 amide bonds. The smallest absolute Gasteiger partial charge is 0.243 e. The largest absolute Gasteiger partial charge is 0.370 e. The van der Waals surface area contributed by atoms with E-state index < -0.39 is 101 Å². The highest BCUT2D eigenvalue weighted by Crippen LogP contribution is 2.20. The number of H-pyrrole nitrogens is 1. The maximum Gasteiger partial charge on any atom is 0.243 e. The van der Waals surface area contributed by atoms with Crippen molar-refractivity contribution in [2.24, 2.45) is 30.2 Å². The van der Waals surface area contributed by atoms with Crippen molar-refractivity contribution in [2.45, 2.75) is 108 Å². The number of hydrogen-bond acceptors (Lipinski definition) is 12. The molecule has 5 rings (SSSR count). The molecule has 0 spiro atoms. The molecule has 0 unspecified atom stereocenters. The number of imidazole rings is 1. The Labute approximate surface area is 426 Å². The summed E-state index contributed by atoms with van der Waals surface area (Å²) in [4.78, 5) is 127. The summed E-state index contributed by atoms with van der Waals surface area (Å²) in [6.45, 7) is 4.60. The molecule has 0 radical (unpaired) electrons. The van der Waals surface area contributed by atoms with Crippen LogP contribution in [0.4, 0.5) is 0 Å². The van der Waals surface area contributed by atoms with Crippen molar-refractivity contribution in [1.82, 2.24) is 51.8 Å². The van der Waals surface area contributed by atoms with E-state index in [9.17, 15) is 43.2 Å². The maximum atomic E-state index is 14.1. The van der Waals surface area contributed by atoms with E-state index in [0.717, 1.165) is 15.8 Å². The van der Waals surface area contributed by atoms with Gasteiger partial charge in [-0.05, 0) is 47.9 Å². The Morgan fingerprint density at radius 3 is 1.96 bits per heavy atom. The highest BCUT2D eigenvalue weighted by atomic mass is 32.1. The summed E-state index contributed by atoms with van der Waals surface area (Å²) in [6.07, 6.45) is 4.46. The molecule has 23 heteroatoms. The first-order chi connectivity index (χ1) is 34.8. The van der Waals surface area contributed by atoms with Gasteiger partial charge in [0.05, 0.1) is 12.4 Å². The van der Waals surface area contributed by atoms with Crippen LogP contribution in [0.15, 0.2) is 90.8 Å². The number of nitrogens with one attached hydrogen (secondary N) is 8. The van der Waals surface area contributed by atoms with Crippen LogP contribution in [-0.2, 0) is 75.9 Å². The molecule has 7 atom stereocenters. The molecule has 0 saturated heterocycles. The van der Waals surface area contributed by atoms with Crippen molar-refractivity contribution < 1.29 is 43.2 Å². The average molecular weight is 1020 g/mol. The summed E-state index contributed by atoms with van der Waals surface area (Å²) in [6, 6.07) is 11.8. The molecular formula is C50H65N13O9S. The number of aryl methyl sites for hydroxylation is 1. The van der Waals surface area contributed by atoms with Crippen molar-refractivity contribution in [1.29, 1.82) is 0 Å². The number of thiophene rings is 1. The summed E-state index contributed by atoms with van der Waals surface area (Å²) < 4.78 is 1.67. The van der Waals surface area contributed by atoms with E-state index in [1.165, 1.54) is 30.8 Å². The first kappa shape index (κ1) is 56.0. The molecule has 0 aliphatic rings. The highest BCUT2D eigenvalue weighted by molar-refractivity contribution is 7.09. The minimum atomic E-state index is -1.23. The molecule has 0 saturated carbocycles. The first-order valence-corrected chi connectivity index (χ1v) is 24.7. The Kier molecular flexibility index (Phi) is 20.8. The second kappa shape index (κ2) is 27.1. The zero-order valence-electron chi connectivity index (χ0n) is 41.1. The third-order valence-electron chi connectivity index (χ3n) is 12.0. The molecule has 0 aliphatic heterocycles. The number of nitrogens with two attached hydrogens (primary N) is 3. The maximum absolute atomic E-state index is 14.1. The Balaban J connectivity index is 1.20. The normalized spacial score (nSPS) is 14.1. The van der Waals surface area contributed by atoms with E-state index in [4.69, 9.17) is 17.2 Å². The van der Waals surface area contributed by atoms with Gasteiger partial charge in [-0.3, -0.25) is 43.2 Å². The zero-order valence-corrected chi connectivity index (χ0v) is 42.0. The number of carbonyl (C=O) groups excluding carboxylic acids is 9. The van der Waals surface area contributed by atoms with Gasteiger partial charge in [-0.2, -0.15) is 0 Å². The van der Waals surface area contributed by atoms with Crippen molar-refractivity contribution >= 4 is 75.4 Å². The van der Waals surface area contributed by atoms with Crippen LogP contribution in [0.25, 0.3) is 10.9 Å². The van der Waals surface area contributed by atoms with Gasteiger partial charge in [0.1, 0.15) is 36.3 Å². The number of amides is 9. The van der Waals surface area contributed by atoms with Gasteiger partial charge in [-0.15, -0.1) is 11.3 Å². The molecule has 3 heterocycles. The molecule has 3 aromatic heterocycles. The zero-order chi connectivity index (χ0) is 53.2. The number of para-hydroxylation sites is 1. The fourth-order valence-electron chi connectivity index (χ4n) is 7.76. The average Bonchev–Trinajstić information content (AvgIpc) is 4.13. The fraction of sp³-hybridized carbons (Fsp3) is 0.400. The summed E-state index contributed by atoms with van der Waals surface area (Å²) in [5.41, 5.74) is 19.7. The second-order valence-corrected chi connectivity index (χ2v) is 19.1. The number of aromatic amines is 1. The number of rotatable bonds is 28. The molecule has 2 aromatic carbocycles. The van der Waals surface area contributed by atoms with Crippen LogP contribution in [-0.4, -0.2) is 117 Å². The number of carbonyl (C=O) groups is 9. The number of hydrogen-bond donors (Lipinski definition) is 11. The van der Waals surface area contributed by atoms with Crippen molar-refractivity contribution in [3.05, 3.63) is 113 Å². The van der Waals surface area contributed by atoms with Gasteiger partial charge < -0.3 is 64.0 Å². The number of benzene rings is 2. The minimum absolute atomic E-state index is 0.0130. The number of aromatic nitrogens is 3. The van der Waals surface area contributed by atoms with E-state index in [1.807, 2.05) is 41.8 Å². The molecule has 0 aliphatic carbocycles. The van der Waals surface area contributed by atoms with Crippen LogP contribution in [0.5, 0.6) is 0 Å². The lowest BCUT2D eigenvalue weighted by Gasteiger charge is -2.26. The third kappa shape index (κ3) is 17.1. The molecule has 14 N–H and O–H groups in total. The monoisotopic (exact) mass is 1020 g/mol. The summed E-state index contributed by atoms with van der Waals surface area (Å²) in [7, 11) is 1.72. The van der Waals surface area contributed by atoms with Gasteiger partial charge in [-0.25, -0.2) is 4.98 Å². The second-order valence-electron chi connectivity index (χ2n) is 18.1. The van der Waals surface area contributed by atoms with Crippen LogP contribution in [0.1, 0.15) is 61.7 Å². The van der Waals surface area contributed by atoms with E-state index in [2.05, 4.69) is 47.2 Å². The van der Waals surface area contributed by atoms with Gasteiger partial charge >= 0.3 is 0 Å². The van der Waals surface area contributed by atoms with Crippen LogP contribution >= 0.6 is 11.3 Å². The number of nitrogens with zero attached hydrogens (tertiary/aromatic N) is 2. The van der Waals surface area contributed by atoms with Crippen LogP contribution < -0.4 is 54.4 Å². The van der Waals surface area contributed by atoms with Gasteiger partial charge in [0, 0.05) is 86.0 Å². The quantitative estimate of drug-likeness (QED) is 0.0301. The van der Waals surface area contributed by atoms with Gasteiger partial charge in [0.2, 0.25) is 53.2 Å². The van der Waals surface area contributed by atoms with Crippen LogP contribution in [0, 0.1) is 5.92 Å². The minimum Gasteiger partial charge on any atom is -0.370 e. The van der Waals surface area contributed by atoms with Gasteiger partial charge in [-0.1, -0.05) is 68.4 Å². The summed E-state index contributed by atoms with van der Waals surface area (Å²) in [5.74, 6) is -6.62. The molecule has 0 fully saturated rings. The molecule has 73 heavy (non-hydrogen) atoms. The van der Waals surface area contributed by atoms with Crippen molar-refractivity contribution in [2.75, 3.05) is 6.54 Å². The Morgan fingerprint density at radius 2 is 1.32 bits per heavy atom. The lowest BCUT2D eigenvalue weighted by molar-refractivity contribution is -0.134. The summed E-state index contributed by atoms with van der Waals surface area (Å²) >= 11 is 1.40. The molecule has 390 valence electrons. The Bertz CT molecular complexity index is 2710. The first-order valence-electron chi connectivity index (χ1n) is 23.8. The van der Waals surface area contributed by atoms with E-state index in [1.54, 1.807) is 62.0 Å². The van der Waals surface area contributed by atoms with Crippen LogP contribution in [0.3, 0.4) is 0 Å². The standard InChI is InChI=1S/C50H65N13O9S/c1-28(2)43(62-45(67)29(3)57-47(69)39(60-46(68)35(51)16-17-41(52)64)22-31-25-56-36-15-9-8-14-34(31)36)50(72)55-19-18-42(65)58-40(23-32-26-54-27-63(32)4)49(71)61-38(21-30-11-6-5-7-12-30)48(70)59-37(44(53)66)24-33-13-10-20-73-33/h5-15,20,25-29,35,37-40,43,56H,16-19,21-24,51H2,1-4H3,(H2,52,64)(H2,53,66)(H,55,72)(H,57,69)(H,58,65)(H,59,70)(H,60,68)(H,61,71)(H,62,67)/t29-,35-,37-,38-,39-,40-,43-/m0/s1. The highest BCUT2D eigenvalue weighted by Gasteiger charge is 2.33. The van der Waals surface area contributed by atoms with Crippen LogP contribution in [0.2, 0.25) is 0 Å². The third-order valence-corrected chi connectivity index (χ3v) is 12.9. The van der Waals surface area contributed by atoms with E-state index >= 15 is 0 Å². The summed E-state index contributed by atoms with van der Waals surface area (Å²) in [5, 5.41) is 21.4. The van der Waals surface area contributed by atoms with E-state index in [0.29, 0.717) is 16.8 Å². The predicted octanol–water partition coefficient (Wildman–Crippen LogP) is -0.597. The Morgan fingerprint density at radius 1 is 0.671 bits per heavy atom. The lowest BCUT2D eigenvalue weighted by Crippen LogP contribution is -2.58. The topological polar surface area (TPSA) is 350 Å². The van der Waals surface area contributed by atoms with Gasteiger partial charge in [0.15, 0.2) is 0 Å². The Hall–Kier alpha value is -7.92. The number of primary amides is 2. The SMILES string of the molecule is CC(C)[C@H](NC(=O)[C@H](C)NC(=O)[C@H](Cc1c[nH]c2ccccc12)NC(=O)[C@@H](N)CCC(N)=O)C(=O)NCCC(=O)N[C@@H](Cc1cncn1C)C(=O)N[C@@H](Cc1ccccc1)C(=O)N[C@@H](Cc1cccs1)C(N)=O. The number of fused-ring (bicyclic) bond motifs is 1. The van der Waals surface area contributed by atoms with E-state index in [-0.39, 0.29) is 51.5 Å². The molecule has 5 aromatic rings. The van der Waals surface area contributed by atoms with Gasteiger partial charge in [0.25, 0.3) is 0 Å². The lowest BCUT2D eigenvalue weighted by atomic mass is 10.0. The predicted molar refractivity (Wildman–Crippen MR) is 272 cm³/mol. The molecule has 22 nitrogen and oxygen atoms in total. The molecular weight excluding hydrogens is 959 g/mol.